The summed E-state index contributed by atoms with van der Waals surface area (Å²) in [6.07, 6.45) is 0. The lowest BCUT2D eigenvalue weighted by atomic mass is 9.82. The minimum Gasteiger partial charge on any atom is -0.310 e. The predicted molar refractivity (Wildman–Crippen MR) is 214 cm³/mol. The van der Waals surface area contributed by atoms with Gasteiger partial charge < -0.3 is 4.90 Å². The zero-order valence-electron chi connectivity index (χ0n) is 28.5. The van der Waals surface area contributed by atoms with E-state index in [0.29, 0.717) is 0 Å². The Labute approximate surface area is 303 Å². The lowest BCUT2D eigenvalue weighted by molar-refractivity contribution is 0.660. The molecule has 244 valence electrons. The van der Waals surface area contributed by atoms with Crippen molar-refractivity contribution in [3.05, 3.63) is 187 Å². The Morgan fingerprint density at radius 3 is 1.69 bits per heavy atom. The van der Waals surface area contributed by atoms with E-state index in [2.05, 4.69) is 189 Å². The first kappa shape index (κ1) is 30.9. The van der Waals surface area contributed by atoms with Gasteiger partial charge >= 0.3 is 0 Å². The molecule has 51 heavy (non-hydrogen) atoms. The third kappa shape index (κ3) is 5.64. The fraction of sp³-hybridized carbons (Fsp3) is 0.0638. The Balaban J connectivity index is 1.14. The van der Waals surface area contributed by atoms with Gasteiger partial charge in [-0.15, -0.1) is 0 Å². The van der Waals surface area contributed by atoms with Crippen LogP contribution >= 0.6 is 11.5 Å². The second-order valence-electron chi connectivity index (χ2n) is 13.6. The van der Waals surface area contributed by atoms with Gasteiger partial charge in [0.15, 0.2) is 5.82 Å². The molecular weight excluding hydrogens is 639 g/mol. The number of rotatable bonds is 7. The molecule has 1 aliphatic rings. The molecule has 8 aromatic rings. The summed E-state index contributed by atoms with van der Waals surface area (Å²) in [5, 5.41) is 0.889. The summed E-state index contributed by atoms with van der Waals surface area (Å²) in [4.78, 5) is 7.44. The van der Waals surface area contributed by atoms with Crippen molar-refractivity contribution in [3.8, 4) is 55.3 Å². The van der Waals surface area contributed by atoms with Crippen LogP contribution in [0.3, 0.4) is 0 Å². The molecule has 0 saturated carbocycles. The molecule has 0 unspecified atom stereocenters. The SMILES string of the molecule is CC1(C)c2ccccc2-c2ccc(N(c3cccc(-c4ccccc4)c3)c3cccc(-c4nc(-c5cccc(-c6ccccc6)c5)ns4)c3)cc21. The van der Waals surface area contributed by atoms with Crippen molar-refractivity contribution in [1.29, 1.82) is 0 Å². The summed E-state index contributed by atoms with van der Waals surface area (Å²) >= 11 is 1.44. The molecule has 0 aliphatic heterocycles. The van der Waals surface area contributed by atoms with Crippen molar-refractivity contribution >= 4 is 28.6 Å². The quantitative estimate of drug-likeness (QED) is 0.169. The number of benzene rings is 7. The van der Waals surface area contributed by atoms with E-state index in [-0.39, 0.29) is 5.41 Å². The molecule has 3 nitrogen and oxygen atoms in total. The lowest BCUT2D eigenvalue weighted by Gasteiger charge is -2.28. The zero-order chi connectivity index (χ0) is 34.4. The van der Waals surface area contributed by atoms with Gasteiger partial charge in [-0.3, -0.25) is 0 Å². The maximum atomic E-state index is 5.06. The highest BCUT2D eigenvalue weighted by atomic mass is 32.1. The minimum absolute atomic E-state index is 0.109. The standard InChI is InChI=1S/C47H35N3S/c1-47(2)43-25-10-9-24-41(43)42-27-26-40(31-44(42)47)50(38-22-12-19-35(29-38)33-16-7-4-8-17-33)39-23-13-21-37(30-39)46-48-45(49-51-46)36-20-11-18-34(28-36)32-14-5-3-6-15-32/h3-31H,1-2H3. The monoisotopic (exact) mass is 673 g/mol. The Kier molecular flexibility index (Phi) is 7.67. The lowest BCUT2D eigenvalue weighted by Crippen LogP contribution is -2.16. The van der Waals surface area contributed by atoms with Crippen LogP contribution in [0.5, 0.6) is 0 Å². The molecule has 1 heterocycles. The molecule has 0 N–H and O–H groups in total. The fourth-order valence-corrected chi connectivity index (χ4v) is 8.12. The van der Waals surface area contributed by atoms with Crippen LogP contribution in [0.25, 0.3) is 55.3 Å². The van der Waals surface area contributed by atoms with Crippen molar-refractivity contribution in [2.75, 3.05) is 4.90 Å². The smallest absolute Gasteiger partial charge is 0.173 e. The summed E-state index contributed by atoms with van der Waals surface area (Å²) in [5.41, 5.74) is 15.3. The largest absolute Gasteiger partial charge is 0.310 e. The molecule has 0 radical (unpaired) electrons. The Morgan fingerprint density at radius 2 is 0.961 bits per heavy atom. The van der Waals surface area contributed by atoms with Crippen molar-refractivity contribution in [2.24, 2.45) is 0 Å². The van der Waals surface area contributed by atoms with Gasteiger partial charge in [-0.05, 0) is 98.5 Å². The number of fused-ring (bicyclic) bond motifs is 3. The number of hydrogen-bond acceptors (Lipinski definition) is 4. The molecule has 1 aromatic heterocycles. The highest BCUT2D eigenvalue weighted by molar-refractivity contribution is 7.09. The van der Waals surface area contributed by atoms with E-state index in [9.17, 15) is 0 Å². The first-order valence-electron chi connectivity index (χ1n) is 17.3. The van der Waals surface area contributed by atoms with Gasteiger partial charge in [0.2, 0.25) is 0 Å². The van der Waals surface area contributed by atoms with Crippen LogP contribution in [0.2, 0.25) is 0 Å². The maximum absolute atomic E-state index is 5.06. The second-order valence-corrected chi connectivity index (χ2v) is 14.3. The van der Waals surface area contributed by atoms with E-state index in [4.69, 9.17) is 9.36 Å². The normalized spacial score (nSPS) is 12.7. The maximum Gasteiger partial charge on any atom is 0.173 e. The van der Waals surface area contributed by atoms with Gasteiger partial charge in [0.1, 0.15) is 5.01 Å². The molecule has 0 saturated heterocycles. The minimum atomic E-state index is -0.109. The van der Waals surface area contributed by atoms with E-state index < -0.39 is 0 Å². The van der Waals surface area contributed by atoms with Gasteiger partial charge in [-0.2, -0.15) is 4.37 Å². The third-order valence-corrected chi connectivity index (χ3v) is 10.8. The van der Waals surface area contributed by atoms with Crippen LogP contribution in [0.1, 0.15) is 25.0 Å². The summed E-state index contributed by atoms with van der Waals surface area (Å²) < 4.78 is 4.83. The molecule has 0 amide bonds. The van der Waals surface area contributed by atoms with E-state index >= 15 is 0 Å². The number of anilines is 3. The van der Waals surface area contributed by atoms with Crippen molar-refractivity contribution in [2.45, 2.75) is 19.3 Å². The molecule has 7 aromatic carbocycles. The van der Waals surface area contributed by atoms with Crippen LogP contribution in [-0.4, -0.2) is 9.36 Å². The first-order valence-corrected chi connectivity index (χ1v) is 18.1. The Hall–Kier alpha value is -6.10. The molecule has 0 atom stereocenters. The third-order valence-electron chi connectivity index (χ3n) is 10.0. The molecule has 0 spiro atoms. The van der Waals surface area contributed by atoms with Gasteiger partial charge in [0.25, 0.3) is 0 Å². The molecule has 0 fully saturated rings. The van der Waals surface area contributed by atoms with Crippen LogP contribution in [0.4, 0.5) is 17.1 Å². The highest BCUT2D eigenvalue weighted by Crippen LogP contribution is 2.51. The molecule has 0 bridgehead atoms. The van der Waals surface area contributed by atoms with Crippen LogP contribution < -0.4 is 4.90 Å². The van der Waals surface area contributed by atoms with Crippen molar-refractivity contribution < 1.29 is 0 Å². The summed E-state index contributed by atoms with van der Waals surface area (Å²) in [5.74, 6) is 0.742. The molecule has 4 heteroatoms. The summed E-state index contributed by atoms with van der Waals surface area (Å²) in [6.45, 7) is 4.68. The summed E-state index contributed by atoms with van der Waals surface area (Å²) in [7, 11) is 0. The first-order chi connectivity index (χ1) is 25.0. The average molecular weight is 674 g/mol. The van der Waals surface area contributed by atoms with Gasteiger partial charge in [-0.1, -0.05) is 147 Å². The van der Waals surface area contributed by atoms with Crippen molar-refractivity contribution in [3.63, 3.8) is 0 Å². The van der Waals surface area contributed by atoms with E-state index in [1.54, 1.807) is 0 Å². The topological polar surface area (TPSA) is 29.0 Å². The Bertz CT molecular complexity index is 2520. The van der Waals surface area contributed by atoms with Gasteiger partial charge in [-0.25, -0.2) is 4.98 Å². The van der Waals surface area contributed by atoms with E-state index in [1.165, 1.54) is 50.5 Å². The van der Waals surface area contributed by atoms with Crippen LogP contribution in [0, 0.1) is 0 Å². The van der Waals surface area contributed by atoms with Gasteiger partial charge in [0, 0.05) is 33.6 Å². The predicted octanol–water partition coefficient (Wildman–Crippen LogP) is 13.0. The molecule has 9 rings (SSSR count). The summed E-state index contributed by atoms with van der Waals surface area (Å²) in [6, 6.07) is 62.8. The number of nitrogens with zero attached hydrogens (tertiary/aromatic N) is 3. The van der Waals surface area contributed by atoms with Crippen LogP contribution in [0.15, 0.2) is 176 Å². The second kappa shape index (κ2) is 12.7. The van der Waals surface area contributed by atoms with E-state index in [0.717, 1.165) is 44.6 Å². The highest BCUT2D eigenvalue weighted by Gasteiger charge is 2.35. The average Bonchev–Trinajstić information content (AvgIpc) is 3.78. The fourth-order valence-electron chi connectivity index (χ4n) is 7.44. The van der Waals surface area contributed by atoms with Crippen LogP contribution in [-0.2, 0) is 5.41 Å². The zero-order valence-corrected chi connectivity index (χ0v) is 29.3. The molecular formula is C47H35N3S. The Morgan fingerprint density at radius 1 is 0.431 bits per heavy atom. The van der Waals surface area contributed by atoms with Gasteiger partial charge in [0.05, 0.1) is 0 Å². The van der Waals surface area contributed by atoms with E-state index in [1.807, 2.05) is 6.07 Å². The number of aromatic nitrogens is 2. The van der Waals surface area contributed by atoms with Crippen molar-refractivity contribution in [1.82, 2.24) is 9.36 Å². The molecule has 1 aliphatic carbocycles. The number of hydrogen-bond donors (Lipinski definition) is 0.